The summed E-state index contributed by atoms with van der Waals surface area (Å²) in [5.74, 6) is 0.840. The lowest BCUT2D eigenvalue weighted by Gasteiger charge is -1.99. The Hall–Kier alpha value is -1.85. The molecule has 0 aliphatic carbocycles. The normalized spacial score (nSPS) is 10.8. The summed E-state index contributed by atoms with van der Waals surface area (Å²) in [6.45, 7) is 0. The van der Waals surface area contributed by atoms with E-state index in [0.29, 0.717) is 22.8 Å². The fourth-order valence-electron chi connectivity index (χ4n) is 1.95. The van der Waals surface area contributed by atoms with Crippen LogP contribution in [0, 0.1) is 0 Å². The van der Waals surface area contributed by atoms with E-state index in [4.69, 9.17) is 16.1 Å². The molecule has 0 spiro atoms. The topological polar surface area (TPSA) is 59.2 Å². The quantitative estimate of drug-likeness (QED) is 0.745. The smallest absolute Gasteiger partial charge is 0.261 e. The highest BCUT2D eigenvalue weighted by molar-refractivity contribution is 9.10. The summed E-state index contributed by atoms with van der Waals surface area (Å²) in [6.07, 6.45) is 0.553. The van der Waals surface area contributed by atoms with Crippen molar-refractivity contribution in [1.29, 1.82) is 0 Å². The molecule has 0 fully saturated rings. The minimum Gasteiger partial charge on any atom is -0.507 e. The van der Waals surface area contributed by atoms with E-state index in [1.165, 1.54) is 6.07 Å². The number of rotatable bonds is 3. The average molecular weight is 366 g/mol. The number of aromatic nitrogens is 2. The number of benzene rings is 2. The SMILES string of the molecule is Oc1cc(Cl)ccc1-c1nc(Cc2cccc(Br)c2)no1. The molecule has 0 aliphatic heterocycles. The molecule has 1 N–H and O–H groups in total. The van der Waals surface area contributed by atoms with Gasteiger partial charge in [0.15, 0.2) is 5.82 Å². The maximum absolute atomic E-state index is 9.86. The van der Waals surface area contributed by atoms with E-state index in [9.17, 15) is 5.11 Å². The Bertz CT molecular complexity index is 789. The molecule has 0 saturated heterocycles. The highest BCUT2D eigenvalue weighted by Crippen LogP contribution is 2.30. The van der Waals surface area contributed by atoms with Crippen LogP contribution in [-0.2, 0) is 6.42 Å². The number of halogens is 2. The molecule has 0 saturated carbocycles. The number of nitrogens with zero attached hydrogens (tertiary/aromatic N) is 2. The third kappa shape index (κ3) is 3.25. The van der Waals surface area contributed by atoms with Crippen LogP contribution in [0.1, 0.15) is 11.4 Å². The molecule has 1 aromatic heterocycles. The van der Waals surface area contributed by atoms with Crippen molar-refractivity contribution in [3.63, 3.8) is 0 Å². The van der Waals surface area contributed by atoms with Gasteiger partial charge in [-0.25, -0.2) is 0 Å². The third-order valence-electron chi connectivity index (χ3n) is 2.91. The minimum absolute atomic E-state index is 0.0140. The molecule has 0 unspecified atom stereocenters. The summed E-state index contributed by atoms with van der Waals surface area (Å²) < 4.78 is 6.20. The standard InChI is InChI=1S/C15H10BrClN2O2/c16-10-3-1-2-9(6-10)7-14-18-15(21-19-14)12-5-4-11(17)8-13(12)20/h1-6,8,20H,7H2. The molecule has 0 radical (unpaired) electrons. The van der Waals surface area contributed by atoms with Crippen molar-refractivity contribution in [3.8, 4) is 17.2 Å². The fourth-order valence-corrected chi connectivity index (χ4v) is 2.56. The molecule has 0 amide bonds. The molecule has 0 atom stereocenters. The highest BCUT2D eigenvalue weighted by Gasteiger charge is 2.13. The predicted molar refractivity (Wildman–Crippen MR) is 83.4 cm³/mol. The fraction of sp³-hybridized carbons (Fsp3) is 0.0667. The lowest BCUT2D eigenvalue weighted by molar-refractivity contribution is 0.418. The van der Waals surface area contributed by atoms with Gasteiger partial charge in [0.1, 0.15) is 5.75 Å². The van der Waals surface area contributed by atoms with Crippen molar-refractivity contribution >= 4 is 27.5 Å². The number of aromatic hydroxyl groups is 1. The second kappa shape index (κ2) is 5.87. The molecule has 106 valence electrons. The van der Waals surface area contributed by atoms with Crippen LogP contribution < -0.4 is 0 Å². The number of phenols is 1. The summed E-state index contributed by atoms with van der Waals surface area (Å²) in [6, 6.07) is 12.6. The predicted octanol–water partition coefficient (Wildman–Crippen LogP) is 4.45. The first-order chi connectivity index (χ1) is 10.1. The molecule has 2 aromatic carbocycles. The van der Waals surface area contributed by atoms with Gasteiger partial charge in [0.25, 0.3) is 5.89 Å². The summed E-state index contributed by atoms with van der Waals surface area (Å²) in [5.41, 5.74) is 1.53. The van der Waals surface area contributed by atoms with Crippen LogP contribution in [0.5, 0.6) is 5.75 Å². The summed E-state index contributed by atoms with van der Waals surface area (Å²) >= 11 is 9.22. The van der Waals surface area contributed by atoms with Gasteiger partial charge in [0, 0.05) is 15.9 Å². The van der Waals surface area contributed by atoms with Gasteiger partial charge < -0.3 is 9.63 Å². The van der Waals surface area contributed by atoms with Crippen LogP contribution in [0.4, 0.5) is 0 Å². The van der Waals surface area contributed by atoms with E-state index in [0.717, 1.165) is 10.0 Å². The van der Waals surface area contributed by atoms with Gasteiger partial charge in [-0.3, -0.25) is 0 Å². The van der Waals surface area contributed by atoms with Crippen LogP contribution in [-0.4, -0.2) is 15.2 Å². The molecule has 0 bridgehead atoms. The van der Waals surface area contributed by atoms with Crippen LogP contribution >= 0.6 is 27.5 Å². The van der Waals surface area contributed by atoms with Crippen molar-refractivity contribution in [2.24, 2.45) is 0 Å². The van der Waals surface area contributed by atoms with E-state index < -0.39 is 0 Å². The summed E-state index contributed by atoms with van der Waals surface area (Å²) in [4.78, 5) is 4.30. The molecule has 3 rings (SSSR count). The zero-order valence-electron chi connectivity index (χ0n) is 10.8. The zero-order valence-corrected chi connectivity index (χ0v) is 13.1. The van der Waals surface area contributed by atoms with E-state index >= 15 is 0 Å². The van der Waals surface area contributed by atoms with E-state index in [1.807, 2.05) is 24.3 Å². The first-order valence-electron chi connectivity index (χ1n) is 6.18. The first kappa shape index (κ1) is 14.1. The molecule has 0 aliphatic rings. The highest BCUT2D eigenvalue weighted by atomic mass is 79.9. The van der Waals surface area contributed by atoms with Gasteiger partial charge in [-0.1, -0.05) is 44.8 Å². The molecule has 21 heavy (non-hydrogen) atoms. The second-order valence-electron chi connectivity index (χ2n) is 4.48. The van der Waals surface area contributed by atoms with Crippen LogP contribution in [0.2, 0.25) is 5.02 Å². The summed E-state index contributed by atoms with van der Waals surface area (Å²) in [5, 5.41) is 14.2. The van der Waals surface area contributed by atoms with Gasteiger partial charge in [0.2, 0.25) is 0 Å². The Morgan fingerprint density at radius 1 is 1.19 bits per heavy atom. The molecule has 1 heterocycles. The van der Waals surface area contributed by atoms with Crippen molar-refractivity contribution in [1.82, 2.24) is 10.1 Å². The van der Waals surface area contributed by atoms with Crippen LogP contribution in [0.25, 0.3) is 11.5 Å². The van der Waals surface area contributed by atoms with Gasteiger partial charge in [0.05, 0.1) is 5.56 Å². The van der Waals surface area contributed by atoms with Gasteiger partial charge >= 0.3 is 0 Å². The zero-order chi connectivity index (χ0) is 14.8. The maximum atomic E-state index is 9.86. The Morgan fingerprint density at radius 2 is 2.05 bits per heavy atom. The van der Waals surface area contributed by atoms with Gasteiger partial charge in [-0.15, -0.1) is 0 Å². The number of hydrogen-bond acceptors (Lipinski definition) is 4. The monoisotopic (exact) mass is 364 g/mol. The van der Waals surface area contributed by atoms with Crippen molar-refractivity contribution in [2.75, 3.05) is 0 Å². The maximum Gasteiger partial charge on any atom is 0.261 e. The molecule has 3 aromatic rings. The number of hydrogen-bond donors (Lipinski definition) is 1. The second-order valence-corrected chi connectivity index (χ2v) is 5.84. The minimum atomic E-state index is 0.0140. The Balaban J connectivity index is 1.86. The van der Waals surface area contributed by atoms with Crippen LogP contribution in [0.3, 0.4) is 0 Å². The lowest BCUT2D eigenvalue weighted by Crippen LogP contribution is -1.90. The Morgan fingerprint density at radius 3 is 2.81 bits per heavy atom. The largest absolute Gasteiger partial charge is 0.507 e. The third-order valence-corrected chi connectivity index (χ3v) is 3.64. The van der Waals surface area contributed by atoms with Crippen molar-refractivity contribution in [3.05, 3.63) is 63.3 Å². The van der Waals surface area contributed by atoms with E-state index in [-0.39, 0.29) is 11.6 Å². The molecule has 4 nitrogen and oxygen atoms in total. The molecule has 6 heteroatoms. The van der Waals surface area contributed by atoms with Gasteiger partial charge in [-0.2, -0.15) is 4.98 Å². The Labute approximate surface area is 134 Å². The van der Waals surface area contributed by atoms with Crippen molar-refractivity contribution < 1.29 is 9.63 Å². The van der Waals surface area contributed by atoms with Gasteiger partial charge in [-0.05, 0) is 35.9 Å². The Kier molecular flexibility index (Phi) is 3.94. The van der Waals surface area contributed by atoms with Crippen LogP contribution in [0.15, 0.2) is 51.5 Å². The first-order valence-corrected chi connectivity index (χ1v) is 7.35. The summed E-state index contributed by atoms with van der Waals surface area (Å²) in [7, 11) is 0. The lowest BCUT2D eigenvalue weighted by atomic mass is 10.1. The van der Waals surface area contributed by atoms with E-state index in [1.54, 1.807) is 12.1 Å². The molecular formula is C15H10BrClN2O2. The number of phenolic OH excluding ortho intramolecular Hbond substituents is 1. The van der Waals surface area contributed by atoms with Crippen molar-refractivity contribution in [2.45, 2.75) is 6.42 Å². The van der Waals surface area contributed by atoms with E-state index in [2.05, 4.69) is 26.1 Å². The average Bonchev–Trinajstić information content (AvgIpc) is 2.87. The molecular weight excluding hydrogens is 356 g/mol.